The van der Waals surface area contributed by atoms with Gasteiger partial charge in [-0.05, 0) is 36.5 Å². The maximum atomic E-state index is 12.9. The lowest BCUT2D eigenvalue weighted by atomic mass is 9.76. The number of hydrogen-bond donors (Lipinski definition) is 1. The van der Waals surface area contributed by atoms with E-state index in [1.807, 2.05) is 12.1 Å². The van der Waals surface area contributed by atoms with Gasteiger partial charge in [0, 0.05) is 12.1 Å². The molecule has 1 aliphatic heterocycles. The van der Waals surface area contributed by atoms with Gasteiger partial charge in [0.15, 0.2) is 0 Å². The molecule has 0 radical (unpaired) electrons. The first kappa shape index (κ1) is 13.1. The first-order chi connectivity index (χ1) is 9.17. The van der Waals surface area contributed by atoms with Gasteiger partial charge in [0.1, 0.15) is 5.82 Å². The minimum absolute atomic E-state index is 0.0588. The van der Waals surface area contributed by atoms with Crippen LogP contribution in [0.4, 0.5) is 4.39 Å². The van der Waals surface area contributed by atoms with Gasteiger partial charge in [-0.2, -0.15) is 0 Å². The van der Waals surface area contributed by atoms with Gasteiger partial charge in [-0.3, -0.25) is 0 Å². The molecule has 2 aliphatic rings. The van der Waals surface area contributed by atoms with Crippen molar-refractivity contribution in [3.8, 4) is 0 Å². The molecule has 3 atom stereocenters. The van der Waals surface area contributed by atoms with E-state index in [2.05, 4.69) is 12.2 Å². The molecule has 1 saturated heterocycles. The van der Waals surface area contributed by atoms with Crippen molar-refractivity contribution in [1.29, 1.82) is 0 Å². The Kier molecular flexibility index (Phi) is 3.59. The molecule has 1 spiro atoms. The molecular weight excluding hydrogens is 241 g/mol. The predicted octanol–water partition coefficient (Wildman–Crippen LogP) is 3.44. The summed E-state index contributed by atoms with van der Waals surface area (Å²) < 4.78 is 19.0. The Morgan fingerprint density at radius 1 is 1.32 bits per heavy atom. The van der Waals surface area contributed by atoms with Gasteiger partial charge < -0.3 is 10.1 Å². The lowest BCUT2D eigenvalue weighted by Gasteiger charge is -2.45. The van der Waals surface area contributed by atoms with Crippen LogP contribution in [0.2, 0.25) is 0 Å². The van der Waals surface area contributed by atoms with Crippen molar-refractivity contribution in [1.82, 2.24) is 5.32 Å². The predicted molar refractivity (Wildman–Crippen MR) is 73.5 cm³/mol. The molecule has 3 rings (SSSR count). The SMILES string of the molecule is CC1CCCC2(COC(c3ccc(F)cc3)CN2)C1. The third kappa shape index (κ3) is 2.82. The maximum absolute atomic E-state index is 12.9. The summed E-state index contributed by atoms with van der Waals surface area (Å²) in [4.78, 5) is 0. The Labute approximate surface area is 114 Å². The molecule has 1 aromatic carbocycles. The normalized spacial score (nSPS) is 35.5. The first-order valence-electron chi connectivity index (χ1n) is 7.29. The molecule has 0 aromatic heterocycles. The molecule has 0 amide bonds. The number of morpholine rings is 1. The standard InChI is InChI=1S/C16H22FNO/c1-12-3-2-8-16(9-12)11-19-15(10-18-16)13-4-6-14(17)7-5-13/h4-7,12,15,18H,2-3,8-11H2,1H3. The lowest BCUT2D eigenvalue weighted by molar-refractivity contribution is -0.0527. The molecule has 0 bridgehead atoms. The monoisotopic (exact) mass is 263 g/mol. The second-order valence-corrected chi connectivity index (χ2v) is 6.21. The number of hydrogen-bond acceptors (Lipinski definition) is 2. The minimum atomic E-state index is -0.190. The number of nitrogens with one attached hydrogen (secondary N) is 1. The second-order valence-electron chi connectivity index (χ2n) is 6.21. The average Bonchev–Trinajstić information content (AvgIpc) is 2.41. The number of halogens is 1. The van der Waals surface area contributed by atoms with Crippen molar-refractivity contribution in [2.75, 3.05) is 13.2 Å². The summed E-state index contributed by atoms with van der Waals surface area (Å²) in [6, 6.07) is 6.66. The van der Waals surface area contributed by atoms with E-state index in [0.717, 1.165) is 24.6 Å². The molecule has 1 saturated carbocycles. The summed E-state index contributed by atoms with van der Waals surface area (Å²) >= 11 is 0. The summed E-state index contributed by atoms with van der Waals surface area (Å²) in [6.45, 7) is 3.94. The van der Waals surface area contributed by atoms with E-state index in [1.165, 1.54) is 37.8 Å². The Bertz CT molecular complexity index is 423. The summed E-state index contributed by atoms with van der Waals surface area (Å²) in [5.41, 5.74) is 1.25. The molecule has 104 valence electrons. The van der Waals surface area contributed by atoms with Crippen LogP contribution >= 0.6 is 0 Å². The van der Waals surface area contributed by atoms with Crippen molar-refractivity contribution in [3.05, 3.63) is 35.6 Å². The minimum Gasteiger partial charge on any atom is -0.370 e. The summed E-state index contributed by atoms with van der Waals surface area (Å²) in [6.07, 6.45) is 5.11. The quantitative estimate of drug-likeness (QED) is 0.838. The van der Waals surface area contributed by atoms with Crippen molar-refractivity contribution in [3.63, 3.8) is 0 Å². The van der Waals surface area contributed by atoms with E-state index in [-0.39, 0.29) is 17.5 Å². The number of ether oxygens (including phenoxy) is 1. The number of benzene rings is 1. The lowest BCUT2D eigenvalue weighted by Crippen LogP contribution is -2.56. The smallest absolute Gasteiger partial charge is 0.123 e. The van der Waals surface area contributed by atoms with E-state index in [1.54, 1.807) is 0 Å². The largest absolute Gasteiger partial charge is 0.370 e. The fourth-order valence-electron chi connectivity index (χ4n) is 3.52. The van der Waals surface area contributed by atoms with Crippen LogP contribution in [0.3, 0.4) is 0 Å². The molecular formula is C16H22FNO. The Morgan fingerprint density at radius 2 is 2.11 bits per heavy atom. The molecule has 2 fully saturated rings. The van der Waals surface area contributed by atoms with E-state index in [9.17, 15) is 4.39 Å². The van der Waals surface area contributed by atoms with Crippen LogP contribution in [0.15, 0.2) is 24.3 Å². The molecule has 3 unspecified atom stereocenters. The van der Waals surface area contributed by atoms with Gasteiger partial charge in [-0.15, -0.1) is 0 Å². The highest BCUT2D eigenvalue weighted by molar-refractivity contribution is 5.20. The van der Waals surface area contributed by atoms with Crippen LogP contribution in [-0.2, 0) is 4.74 Å². The molecule has 3 heteroatoms. The molecule has 1 heterocycles. The summed E-state index contributed by atoms with van der Waals surface area (Å²) in [7, 11) is 0. The zero-order valence-corrected chi connectivity index (χ0v) is 11.5. The van der Waals surface area contributed by atoms with Gasteiger partial charge in [0.2, 0.25) is 0 Å². The Morgan fingerprint density at radius 3 is 2.74 bits per heavy atom. The third-order valence-corrected chi connectivity index (χ3v) is 4.56. The highest BCUT2D eigenvalue weighted by atomic mass is 19.1. The molecule has 1 N–H and O–H groups in total. The van der Waals surface area contributed by atoms with Crippen molar-refractivity contribution >= 4 is 0 Å². The zero-order chi connectivity index (χ0) is 13.3. The van der Waals surface area contributed by atoms with Gasteiger partial charge in [0.05, 0.1) is 12.7 Å². The van der Waals surface area contributed by atoms with Crippen LogP contribution in [0.25, 0.3) is 0 Å². The topological polar surface area (TPSA) is 21.3 Å². The van der Waals surface area contributed by atoms with E-state index < -0.39 is 0 Å². The zero-order valence-electron chi connectivity index (χ0n) is 11.5. The van der Waals surface area contributed by atoms with Crippen LogP contribution in [0, 0.1) is 11.7 Å². The van der Waals surface area contributed by atoms with Crippen LogP contribution in [0.5, 0.6) is 0 Å². The van der Waals surface area contributed by atoms with E-state index in [4.69, 9.17) is 4.74 Å². The Hall–Kier alpha value is -0.930. The highest BCUT2D eigenvalue weighted by Crippen LogP contribution is 2.36. The number of rotatable bonds is 1. The summed E-state index contributed by atoms with van der Waals surface area (Å²) in [5.74, 6) is 0.595. The molecule has 1 aromatic rings. The average molecular weight is 263 g/mol. The van der Waals surface area contributed by atoms with Gasteiger partial charge in [-0.1, -0.05) is 31.9 Å². The molecule has 1 aliphatic carbocycles. The highest BCUT2D eigenvalue weighted by Gasteiger charge is 2.39. The summed E-state index contributed by atoms with van der Waals surface area (Å²) in [5, 5.41) is 3.71. The second kappa shape index (κ2) is 5.22. The molecule has 19 heavy (non-hydrogen) atoms. The van der Waals surface area contributed by atoms with Gasteiger partial charge in [-0.25, -0.2) is 4.39 Å². The van der Waals surface area contributed by atoms with Crippen molar-refractivity contribution < 1.29 is 9.13 Å². The van der Waals surface area contributed by atoms with Crippen molar-refractivity contribution in [2.24, 2.45) is 5.92 Å². The van der Waals surface area contributed by atoms with Gasteiger partial charge >= 0.3 is 0 Å². The van der Waals surface area contributed by atoms with Gasteiger partial charge in [0.25, 0.3) is 0 Å². The van der Waals surface area contributed by atoms with Crippen molar-refractivity contribution in [2.45, 2.75) is 44.2 Å². The Balaban J connectivity index is 1.64. The fourth-order valence-corrected chi connectivity index (χ4v) is 3.52. The van der Waals surface area contributed by atoms with Crippen LogP contribution in [-0.4, -0.2) is 18.7 Å². The maximum Gasteiger partial charge on any atom is 0.123 e. The van der Waals surface area contributed by atoms with E-state index >= 15 is 0 Å². The fraction of sp³-hybridized carbons (Fsp3) is 0.625. The van der Waals surface area contributed by atoms with Crippen LogP contribution < -0.4 is 5.32 Å². The molecule has 2 nitrogen and oxygen atoms in total. The first-order valence-corrected chi connectivity index (χ1v) is 7.29. The third-order valence-electron chi connectivity index (χ3n) is 4.56. The van der Waals surface area contributed by atoms with E-state index in [0.29, 0.717) is 0 Å². The van der Waals surface area contributed by atoms with Crippen LogP contribution in [0.1, 0.15) is 44.3 Å².